The van der Waals surface area contributed by atoms with Crippen molar-refractivity contribution in [2.45, 2.75) is 63.8 Å². The van der Waals surface area contributed by atoms with Crippen molar-refractivity contribution in [1.29, 1.82) is 5.26 Å². The van der Waals surface area contributed by atoms with Gasteiger partial charge in [0.2, 0.25) is 15.9 Å². The van der Waals surface area contributed by atoms with Crippen molar-refractivity contribution in [3.05, 3.63) is 75.8 Å². The molecule has 1 aliphatic heterocycles. The molecule has 13 nitrogen and oxygen atoms in total. The number of nitrogens with zero attached hydrogens (tertiary/aromatic N) is 6. The monoisotopic (exact) mass is 843 g/mol. The van der Waals surface area contributed by atoms with Crippen molar-refractivity contribution in [3.8, 4) is 17.6 Å². The molecule has 1 fully saturated rings. The van der Waals surface area contributed by atoms with E-state index in [0.29, 0.717) is 74.3 Å². The van der Waals surface area contributed by atoms with E-state index >= 15 is 0 Å². The minimum Gasteiger partial charge on any atom is -0.495 e. The van der Waals surface area contributed by atoms with Gasteiger partial charge in [0.05, 0.1) is 44.4 Å². The molecular formula is C41H55Cl2N7O6S. The first kappa shape index (κ1) is 45.6. The number of hydrogen-bond acceptors (Lipinski definition) is 9. The second-order valence-corrected chi connectivity index (χ2v) is 16.7. The summed E-state index contributed by atoms with van der Waals surface area (Å²) in [6.07, 6.45) is 8.58. The fraction of sp³-hybridized carbons (Fsp3) is 0.512. The number of ether oxygens (including phenoxy) is 2. The molecule has 0 saturated carbocycles. The first-order chi connectivity index (χ1) is 27.3. The Morgan fingerprint density at radius 1 is 1.07 bits per heavy atom. The number of amidine groups is 1. The van der Waals surface area contributed by atoms with Gasteiger partial charge in [0.1, 0.15) is 22.2 Å². The summed E-state index contributed by atoms with van der Waals surface area (Å²) < 4.78 is 41.9. The number of allylic oxidation sites excluding steroid dienone is 3. The van der Waals surface area contributed by atoms with Crippen molar-refractivity contribution < 1.29 is 27.5 Å². The number of piperazine rings is 1. The molecule has 1 unspecified atom stereocenters. The van der Waals surface area contributed by atoms with E-state index in [1.54, 1.807) is 29.8 Å². The Labute approximate surface area is 347 Å². The average Bonchev–Trinajstić information content (AvgIpc) is 3.20. The second-order valence-electron chi connectivity index (χ2n) is 13.9. The third-order valence-corrected chi connectivity index (χ3v) is 12.5. The maximum Gasteiger partial charge on any atom is 0.323 e. The Morgan fingerprint density at radius 3 is 2.39 bits per heavy atom. The van der Waals surface area contributed by atoms with E-state index < -0.39 is 22.1 Å². The number of carbonyl (C=O) groups is 2. The summed E-state index contributed by atoms with van der Waals surface area (Å²) in [5.74, 6) is 0.329. The van der Waals surface area contributed by atoms with Crippen LogP contribution in [-0.4, -0.2) is 124 Å². The lowest BCUT2D eigenvalue weighted by molar-refractivity contribution is -0.131. The van der Waals surface area contributed by atoms with Gasteiger partial charge in [-0.25, -0.2) is 13.2 Å². The third kappa shape index (κ3) is 12.7. The number of sulfonamides is 1. The predicted molar refractivity (Wildman–Crippen MR) is 225 cm³/mol. The van der Waals surface area contributed by atoms with Gasteiger partial charge in [-0.15, -0.1) is 0 Å². The minimum absolute atomic E-state index is 0.0668. The van der Waals surface area contributed by atoms with Gasteiger partial charge in [-0.1, -0.05) is 67.8 Å². The maximum atomic E-state index is 14.3. The Morgan fingerprint density at radius 2 is 1.79 bits per heavy atom. The molecule has 1 heterocycles. The number of amides is 3. The standard InChI is InChI=1S/C41H55Cl2N7O6S/c1-6-9-21-50(7-2)57(53,54)38-27-34(36(56-8-3)28-37(38)55-5)40(45-35(31-13-17-33(43)18-14-31)26-30-11-15-32(42)16-12-30)46-41(52)49-24-22-48(23-25-49)29-39(51)47(4)20-10-19-44/h11-13,15-18,27-28,31,35H,6-10,14,20-26,29H2,1-5H3,(H,45,46,52)/t31?,35-/m1/s1. The number of benzene rings is 2. The van der Waals surface area contributed by atoms with Crippen LogP contribution in [0.25, 0.3) is 0 Å². The van der Waals surface area contributed by atoms with Gasteiger partial charge in [-0.2, -0.15) is 9.57 Å². The van der Waals surface area contributed by atoms with Crippen LogP contribution in [0.4, 0.5) is 4.79 Å². The zero-order valence-corrected chi connectivity index (χ0v) is 35.9. The van der Waals surface area contributed by atoms with Crippen molar-refractivity contribution in [2.75, 3.05) is 73.1 Å². The fourth-order valence-electron chi connectivity index (χ4n) is 6.61. The van der Waals surface area contributed by atoms with Gasteiger partial charge in [0.15, 0.2) is 0 Å². The van der Waals surface area contributed by atoms with Gasteiger partial charge < -0.3 is 19.3 Å². The molecular weight excluding hydrogens is 789 g/mol. The second kappa shape index (κ2) is 22.1. The predicted octanol–water partition coefficient (Wildman–Crippen LogP) is 6.31. The number of nitriles is 1. The largest absolute Gasteiger partial charge is 0.495 e. The molecule has 0 radical (unpaired) electrons. The van der Waals surface area contributed by atoms with Crippen molar-refractivity contribution in [1.82, 2.24) is 24.3 Å². The molecule has 2 aliphatic rings. The van der Waals surface area contributed by atoms with E-state index in [1.165, 1.54) is 17.5 Å². The van der Waals surface area contributed by atoms with Crippen LogP contribution >= 0.6 is 23.2 Å². The highest BCUT2D eigenvalue weighted by Gasteiger charge is 2.32. The Hall–Kier alpha value is -4.13. The molecule has 0 aromatic heterocycles. The van der Waals surface area contributed by atoms with Crippen molar-refractivity contribution in [3.63, 3.8) is 0 Å². The summed E-state index contributed by atoms with van der Waals surface area (Å²) in [6.45, 7) is 8.56. The van der Waals surface area contributed by atoms with Crippen LogP contribution in [-0.2, 0) is 21.2 Å². The van der Waals surface area contributed by atoms with Crippen LogP contribution < -0.4 is 14.8 Å². The van der Waals surface area contributed by atoms with Gasteiger partial charge in [-0.05, 0) is 56.0 Å². The van der Waals surface area contributed by atoms with E-state index in [-0.39, 0.29) is 60.0 Å². The fourth-order valence-corrected chi connectivity index (χ4v) is 8.55. The molecule has 2 atom stereocenters. The maximum absolute atomic E-state index is 14.3. The smallest absolute Gasteiger partial charge is 0.323 e. The summed E-state index contributed by atoms with van der Waals surface area (Å²) in [7, 11) is -0.972. The summed E-state index contributed by atoms with van der Waals surface area (Å²) in [5.41, 5.74) is 1.25. The number of urea groups is 1. The number of carbonyl (C=O) groups excluding carboxylic acids is 2. The average molecular weight is 845 g/mol. The summed E-state index contributed by atoms with van der Waals surface area (Å²) >= 11 is 12.6. The highest BCUT2D eigenvalue weighted by molar-refractivity contribution is 7.89. The van der Waals surface area contributed by atoms with Crippen LogP contribution in [0, 0.1) is 17.2 Å². The topological polar surface area (TPSA) is 148 Å². The zero-order chi connectivity index (χ0) is 41.5. The Balaban J connectivity index is 1.80. The van der Waals surface area contributed by atoms with E-state index in [4.69, 9.17) is 42.9 Å². The highest BCUT2D eigenvalue weighted by Crippen LogP contribution is 2.35. The number of nitrogens with one attached hydrogen (secondary N) is 1. The normalized spacial score (nSPS) is 16.8. The van der Waals surface area contributed by atoms with Crippen LogP contribution in [0.15, 0.2) is 69.5 Å². The summed E-state index contributed by atoms with van der Waals surface area (Å²) in [4.78, 5) is 37.4. The van der Waals surface area contributed by atoms with E-state index in [1.807, 2.05) is 61.2 Å². The Kier molecular flexibility index (Phi) is 17.7. The lowest BCUT2D eigenvalue weighted by atomic mass is 9.88. The first-order valence-corrected chi connectivity index (χ1v) is 21.6. The quantitative estimate of drug-likeness (QED) is 0.136. The molecule has 0 spiro atoms. The number of methoxy groups -OCH3 is 1. The molecule has 1 N–H and O–H groups in total. The molecule has 2 aromatic carbocycles. The van der Waals surface area contributed by atoms with Gasteiger partial charge >= 0.3 is 6.03 Å². The van der Waals surface area contributed by atoms with Gasteiger partial charge in [-0.3, -0.25) is 20.0 Å². The van der Waals surface area contributed by atoms with Crippen LogP contribution in [0.1, 0.15) is 57.6 Å². The molecule has 0 bridgehead atoms. The van der Waals surface area contributed by atoms with Crippen molar-refractivity contribution >= 4 is 51.0 Å². The molecule has 4 rings (SSSR count). The van der Waals surface area contributed by atoms with Gasteiger partial charge in [0.25, 0.3) is 0 Å². The first-order valence-electron chi connectivity index (χ1n) is 19.5. The van der Waals surface area contributed by atoms with Crippen LogP contribution in [0.3, 0.4) is 0 Å². The SMILES string of the molecule is CCCCN(CC)S(=O)(=O)c1cc(C(=N[C@H](Cc2ccc(Cl)cc2)C2C=CC(Cl)=CC2)NC(=O)N2CCN(CC(=O)N(C)CCC#N)CC2)c(OCC)cc1OC. The van der Waals surface area contributed by atoms with Crippen molar-refractivity contribution in [2.24, 2.45) is 10.9 Å². The number of halogens is 2. The number of likely N-dealkylation sites (N-methyl/N-ethyl adjacent to an activating group) is 1. The number of rotatable bonds is 18. The number of unbranched alkanes of at least 4 members (excludes halogenated alkanes) is 1. The number of hydrogen-bond donors (Lipinski definition) is 1. The lowest BCUT2D eigenvalue weighted by Crippen LogP contribution is -2.54. The highest BCUT2D eigenvalue weighted by atomic mass is 35.5. The molecule has 57 heavy (non-hydrogen) atoms. The Bertz CT molecular complexity index is 1930. The lowest BCUT2D eigenvalue weighted by Gasteiger charge is -2.35. The zero-order valence-electron chi connectivity index (χ0n) is 33.5. The number of aliphatic imine (C=N–C) groups is 1. The van der Waals surface area contributed by atoms with E-state index in [0.717, 1.165) is 12.0 Å². The third-order valence-electron chi connectivity index (χ3n) is 10.0. The molecule has 2 aromatic rings. The van der Waals surface area contributed by atoms with E-state index in [2.05, 4.69) is 11.4 Å². The van der Waals surface area contributed by atoms with E-state index in [9.17, 15) is 18.0 Å². The molecule has 3 amide bonds. The van der Waals surface area contributed by atoms with Crippen LogP contribution in [0.5, 0.6) is 11.5 Å². The summed E-state index contributed by atoms with van der Waals surface area (Å²) in [5, 5.41) is 13.2. The van der Waals surface area contributed by atoms with Gasteiger partial charge in [0, 0.05) is 74.9 Å². The molecule has 1 aliphatic carbocycles. The summed E-state index contributed by atoms with van der Waals surface area (Å²) in [6, 6.07) is 11.7. The minimum atomic E-state index is -4.06. The molecule has 310 valence electrons. The van der Waals surface area contributed by atoms with Crippen LogP contribution in [0.2, 0.25) is 5.02 Å². The molecule has 1 saturated heterocycles. The molecule has 16 heteroatoms.